The molecule has 0 atom stereocenters. The Balaban J connectivity index is 2.04. The summed E-state index contributed by atoms with van der Waals surface area (Å²) in [6, 6.07) is 7.65. The van der Waals surface area contributed by atoms with Crippen LogP contribution < -0.4 is 4.72 Å². The van der Waals surface area contributed by atoms with Gasteiger partial charge >= 0.3 is 5.97 Å². The van der Waals surface area contributed by atoms with Gasteiger partial charge in [-0.15, -0.1) is 11.3 Å². The maximum atomic E-state index is 12.1. The first kappa shape index (κ1) is 18.2. The minimum absolute atomic E-state index is 0.162. The molecule has 0 saturated heterocycles. The third-order valence-electron chi connectivity index (χ3n) is 3.08. The van der Waals surface area contributed by atoms with E-state index in [1.165, 1.54) is 35.6 Å². The van der Waals surface area contributed by atoms with Crippen LogP contribution in [0.25, 0.3) is 0 Å². The van der Waals surface area contributed by atoms with Crippen molar-refractivity contribution in [3.63, 3.8) is 0 Å². The molecule has 0 fully saturated rings. The molecule has 0 bridgehead atoms. The zero-order valence-electron chi connectivity index (χ0n) is 13.5. The summed E-state index contributed by atoms with van der Waals surface area (Å²) in [5.41, 5.74) is 0.968. The number of hydrogen-bond donors (Lipinski definition) is 1. The van der Waals surface area contributed by atoms with E-state index in [9.17, 15) is 18.0 Å². The number of benzene rings is 1. The van der Waals surface area contributed by atoms with Gasteiger partial charge in [-0.3, -0.25) is 9.52 Å². The lowest BCUT2D eigenvalue weighted by molar-refractivity contribution is 0.0474. The number of sulfonamides is 1. The van der Waals surface area contributed by atoms with E-state index in [0.717, 1.165) is 16.0 Å². The molecule has 6 nitrogen and oxygen atoms in total. The average molecular weight is 367 g/mol. The Kier molecular flexibility index (Phi) is 5.40. The summed E-state index contributed by atoms with van der Waals surface area (Å²) >= 11 is 1.51. The number of carbonyl (C=O) groups is 2. The molecule has 1 heterocycles. The van der Waals surface area contributed by atoms with Gasteiger partial charge in [0.1, 0.15) is 0 Å². The van der Waals surface area contributed by atoms with Crippen LogP contribution in [0.4, 0.5) is 5.69 Å². The molecule has 128 valence electrons. The SMILES string of the molecule is Cc1cc(C(=O)COC(=O)c2cccc(NS(C)(=O)=O)c2)c(C)s1. The van der Waals surface area contributed by atoms with E-state index in [4.69, 9.17) is 4.74 Å². The number of aryl methyl sites for hydroxylation is 2. The molecule has 2 rings (SSSR count). The van der Waals surface area contributed by atoms with Crippen LogP contribution in [-0.4, -0.2) is 33.0 Å². The minimum Gasteiger partial charge on any atom is -0.454 e. The van der Waals surface area contributed by atoms with E-state index < -0.39 is 16.0 Å². The van der Waals surface area contributed by atoms with Crippen molar-refractivity contribution in [2.75, 3.05) is 17.6 Å². The Morgan fingerprint density at radius 1 is 1.21 bits per heavy atom. The Labute approximate surface area is 144 Å². The van der Waals surface area contributed by atoms with Gasteiger partial charge in [-0.05, 0) is 38.1 Å². The van der Waals surface area contributed by atoms with Crippen molar-refractivity contribution in [2.24, 2.45) is 0 Å². The summed E-state index contributed by atoms with van der Waals surface area (Å²) < 4.78 is 29.7. The second kappa shape index (κ2) is 7.14. The van der Waals surface area contributed by atoms with Crippen molar-refractivity contribution in [3.05, 3.63) is 51.2 Å². The molecule has 1 N–H and O–H groups in total. The summed E-state index contributed by atoms with van der Waals surface area (Å²) in [7, 11) is -3.44. The quantitative estimate of drug-likeness (QED) is 0.626. The molecule has 8 heteroatoms. The molecular formula is C16H17NO5S2. The zero-order valence-corrected chi connectivity index (χ0v) is 15.1. The second-order valence-electron chi connectivity index (χ2n) is 5.28. The van der Waals surface area contributed by atoms with Crippen LogP contribution in [-0.2, 0) is 14.8 Å². The molecule has 0 aliphatic heterocycles. The number of carbonyl (C=O) groups excluding carboxylic acids is 2. The first-order valence-corrected chi connectivity index (χ1v) is 9.72. The fraction of sp³-hybridized carbons (Fsp3) is 0.250. The maximum Gasteiger partial charge on any atom is 0.338 e. The van der Waals surface area contributed by atoms with Crippen molar-refractivity contribution in [1.82, 2.24) is 0 Å². The first-order chi connectivity index (χ1) is 11.2. The number of rotatable bonds is 6. The van der Waals surface area contributed by atoms with Gasteiger partial charge in [-0.25, -0.2) is 13.2 Å². The normalized spacial score (nSPS) is 11.1. The third-order valence-corrected chi connectivity index (χ3v) is 4.65. The Hall–Kier alpha value is -2.19. The maximum absolute atomic E-state index is 12.1. The van der Waals surface area contributed by atoms with Gasteiger partial charge in [0.15, 0.2) is 6.61 Å². The van der Waals surface area contributed by atoms with E-state index in [2.05, 4.69) is 4.72 Å². The highest BCUT2D eigenvalue weighted by atomic mass is 32.2. The van der Waals surface area contributed by atoms with Gasteiger partial charge in [-0.2, -0.15) is 0 Å². The molecule has 0 saturated carbocycles. The molecule has 0 aliphatic carbocycles. The van der Waals surface area contributed by atoms with Crippen LogP contribution >= 0.6 is 11.3 Å². The van der Waals surface area contributed by atoms with E-state index in [1.807, 2.05) is 13.8 Å². The van der Waals surface area contributed by atoms with E-state index in [0.29, 0.717) is 5.56 Å². The highest BCUT2D eigenvalue weighted by Crippen LogP contribution is 2.21. The van der Waals surface area contributed by atoms with Crippen molar-refractivity contribution < 1.29 is 22.7 Å². The van der Waals surface area contributed by atoms with E-state index >= 15 is 0 Å². The van der Waals surface area contributed by atoms with Crippen LogP contribution in [0, 0.1) is 13.8 Å². The van der Waals surface area contributed by atoms with Gasteiger partial charge in [0.05, 0.1) is 11.8 Å². The van der Waals surface area contributed by atoms with Crippen LogP contribution in [0.5, 0.6) is 0 Å². The molecule has 24 heavy (non-hydrogen) atoms. The number of thiophene rings is 1. The number of ether oxygens (including phenoxy) is 1. The summed E-state index contributed by atoms with van der Waals surface area (Å²) in [4.78, 5) is 26.0. The number of nitrogens with one attached hydrogen (secondary N) is 1. The lowest BCUT2D eigenvalue weighted by Crippen LogP contribution is -2.15. The molecule has 0 aliphatic rings. The molecule has 0 radical (unpaired) electrons. The fourth-order valence-electron chi connectivity index (χ4n) is 2.12. The molecule has 0 amide bonds. The standard InChI is InChI=1S/C16H17NO5S2/c1-10-7-14(11(2)23-10)15(18)9-22-16(19)12-5-4-6-13(8-12)17-24(3,20)21/h4-8,17H,9H2,1-3H3. The highest BCUT2D eigenvalue weighted by Gasteiger charge is 2.16. The van der Waals surface area contributed by atoms with Gasteiger partial charge in [0.2, 0.25) is 15.8 Å². The minimum atomic E-state index is -3.44. The number of esters is 1. The van der Waals surface area contributed by atoms with E-state index in [1.54, 1.807) is 6.07 Å². The predicted octanol–water partition coefficient (Wildman–Crippen LogP) is 2.78. The molecule has 0 unspecified atom stereocenters. The van der Waals surface area contributed by atoms with Crippen molar-refractivity contribution in [3.8, 4) is 0 Å². The molecule has 1 aromatic carbocycles. The summed E-state index contributed by atoms with van der Waals surface area (Å²) in [5, 5.41) is 0. The Morgan fingerprint density at radius 2 is 1.92 bits per heavy atom. The Bertz CT molecular complexity index is 884. The van der Waals surface area contributed by atoms with E-state index in [-0.39, 0.29) is 23.6 Å². The van der Waals surface area contributed by atoms with Crippen molar-refractivity contribution in [1.29, 1.82) is 0 Å². The topological polar surface area (TPSA) is 89.5 Å². The third kappa shape index (κ3) is 4.90. The monoisotopic (exact) mass is 367 g/mol. The van der Waals surface area contributed by atoms with Crippen LogP contribution in [0.1, 0.15) is 30.5 Å². The first-order valence-electron chi connectivity index (χ1n) is 7.01. The van der Waals surface area contributed by atoms with Gasteiger partial charge in [-0.1, -0.05) is 6.07 Å². The van der Waals surface area contributed by atoms with Gasteiger partial charge < -0.3 is 4.74 Å². The van der Waals surface area contributed by atoms with Crippen molar-refractivity contribution in [2.45, 2.75) is 13.8 Å². The average Bonchev–Trinajstić information content (AvgIpc) is 2.81. The molecule has 1 aromatic heterocycles. The van der Waals surface area contributed by atoms with Crippen LogP contribution in [0.2, 0.25) is 0 Å². The summed E-state index contributed by atoms with van der Waals surface area (Å²) in [6.45, 7) is 3.38. The van der Waals surface area contributed by atoms with Crippen LogP contribution in [0.15, 0.2) is 30.3 Å². The number of ketones is 1. The van der Waals surface area contributed by atoms with Crippen molar-refractivity contribution >= 4 is 38.8 Å². The molecule has 0 spiro atoms. The zero-order chi connectivity index (χ0) is 17.9. The van der Waals surface area contributed by atoms with Gasteiger partial charge in [0.25, 0.3) is 0 Å². The van der Waals surface area contributed by atoms with Crippen LogP contribution in [0.3, 0.4) is 0 Å². The number of anilines is 1. The smallest absolute Gasteiger partial charge is 0.338 e. The second-order valence-corrected chi connectivity index (χ2v) is 8.49. The number of hydrogen-bond acceptors (Lipinski definition) is 6. The summed E-state index contributed by atoms with van der Waals surface area (Å²) in [5.74, 6) is -0.958. The lowest BCUT2D eigenvalue weighted by Gasteiger charge is -2.07. The fourth-order valence-corrected chi connectivity index (χ4v) is 3.62. The summed E-state index contributed by atoms with van der Waals surface area (Å²) in [6.07, 6.45) is 1.02. The lowest BCUT2D eigenvalue weighted by atomic mass is 10.1. The molecular weight excluding hydrogens is 350 g/mol. The predicted molar refractivity (Wildman–Crippen MR) is 93.3 cm³/mol. The largest absolute Gasteiger partial charge is 0.454 e. The number of Topliss-reactive ketones (excluding diaryl/α,β-unsaturated/α-hetero) is 1. The highest BCUT2D eigenvalue weighted by molar-refractivity contribution is 7.92. The van der Waals surface area contributed by atoms with Gasteiger partial charge in [0, 0.05) is 21.0 Å². The Morgan fingerprint density at radius 3 is 2.50 bits per heavy atom. The molecule has 2 aromatic rings.